The van der Waals surface area contributed by atoms with Crippen molar-refractivity contribution in [2.75, 3.05) is 6.54 Å². The van der Waals surface area contributed by atoms with Crippen molar-refractivity contribution in [3.8, 4) is 0 Å². The first-order chi connectivity index (χ1) is 6.74. The second-order valence-electron chi connectivity index (χ2n) is 3.18. The van der Waals surface area contributed by atoms with Crippen molar-refractivity contribution in [2.45, 2.75) is 12.8 Å². The van der Waals surface area contributed by atoms with Gasteiger partial charge in [0.25, 0.3) is 5.91 Å². The van der Waals surface area contributed by atoms with Gasteiger partial charge in [0.05, 0.1) is 15.9 Å². The quantitative estimate of drug-likeness (QED) is 0.744. The summed E-state index contributed by atoms with van der Waals surface area (Å²) in [6.45, 7) is 0.665. The second-order valence-corrected chi connectivity index (χ2v) is 3.98. The number of halogens is 1. The highest BCUT2D eigenvalue weighted by Gasteiger charge is 2.23. The smallest absolute Gasteiger partial charge is 0.253 e. The van der Waals surface area contributed by atoms with Gasteiger partial charge < -0.3 is 10.3 Å². The van der Waals surface area contributed by atoms with Crippen LogP contribution < -0.4 is 5.32 Å². The predicted molar refractivity (Wildman–Crippen MR) is 54.5 cm³/mol. The summed E-state index contributed by atoms with van der Waals surface area (Å²) in [4.78, 5) is 25.2. The van der Waals surface area contributed by atoms with Crippen molar-refractivity contribution in [3.63, 3.8) is 0 Å². The van der Waals surface area contributed by atoms with Crippen LogP contribution in [0, 0.1) is 0 Å². The van der Waals surface area contributed by atoms with E-state index in [4.69, 9.17) is 0 Å². The van der Waals surface area contributed by atoms with Gasteiger partial charge in [-0.25, -0.2) is 0 Å². The molecule has 0 radical (unpaired) electrons. The van der Waals surface area contributed by atoms with E-state index >= 15 is 0 Å². The lowest BCUT2D eigenvalue weighted by Gasteiger charge is -1.98. The molecule has 0 unspecified atom stereocenters. The summed E-state index contributed by atoms with van der Waals surface area (Å²) in [7, 11) is 0. The Balaban J connectivity index is 2.60. The van der Waals surface area contributed by atoms with Gasteiger partial charge in [0.2, 0.25) is 0 Å². The third-order valence-electron chi connectivity index (χ3n) is 2.31. The maximum Gasteiger partial charge on any atom is 0.253 e. The van der Waals surface area contributed by atoms with Gasteiger partial charge in [0.1, 0.15) is 0 Å². The molecule has 1 aromatic rings. The number of aromatic nitrogens is 1. The molecule has 1 amide bonds. The average Bonchev–Trinajstić information content (AvgIpc) is 2.36. The molecular formula is C9H9BrN2O2. The van der Waals surface area contributed by atoms with Gasteiger partial charge >= 0.3 is 0 Å². The van der Waals surface area contributed by atoms with Gasteiger partial charge in [-0.2, -0.15) is 0 Å². The summed E-state index contributed by atoms with van der Waals surface area (Å²) in [6.07, 6.45) is 2.38. The van der Waals surface area contributed by atoms with Crippen LogP contribution in [0.15, 0.2) is 4.60 Å². The Morgan fingerprint density at radius 3 is 2.93 bits per heavy atom. The van der Waals surface area contributed by atoms with Crippen LogP contribution in [0.2, 0.25) is 0 Å². The zero-order valence-electron chi connectivity index (χ0n) is 7.39. The van der Waals surface area contributed by atoms with E-state index in [9.17, 15) is 9.59 Å². The van der Waals surface area contributed by atoms with Crippen LogP contribution in [0.4, 0.5) is 0 Å². The maximum atomic E-state index is 11.6. The highest BCUT2D eigenvalue weighted by Crippen LogP contribution is 2.25. The molecule has 0 fully saturated rings. The van der Waals surface area contributed by atoms with E-state index in [2.05, 4.69) is 26.2 Å². The average molecular weight is 257 g/mol. The fourth-order valence-corrected chi connectivity index (χ4v) is 2.28. The SMILES string of the molecule is O=Cc1[nH]c(Br)c2c1C(=O)NCCC2. The van der Waals surface area contributed by atoms with Crippen molar-refractivity contribution >= 4 is 28.1 Å². The van der Waals surface area contributed by atoms with Crippen LogP contribution >= 0.6 is 15.9 Å². The van der Waals surface area contributed by atoms with Gasteiger partial charge in [0.15, 0.2) is 6.29 Å². The number of hydrogen-bond acceptors (Lipinski definition) is 2. The Hall–Kier alpha value is -1.10. The van der Waals surface area contributed by atoms with E-state index in [0.717, 1.165) is 23.0 Å². The van der Waals surface area contributed by atoms with Gasteiger partial charge in [-0.1, -0.05) is 0 Å². The molecule has 2 rings (SSSR count). The summed E-state index contributed by atoms with van der Waals surface area (Å²) in [5.41, 5.74) is 1.75. The monoisotopic (exact) mass is 256 g/mol. The fourth-order valence-electron chi connectivity index (χ4n) is 1.67. The van der Waals surface area contributed by atoms with Crippen molar-refractivity contribution in [1.82, 2.24) is 10.3 Å². The largest absolute Gasteiger partial charge is 0.352 e. The molecule has 0 aromatic carbocycles. The molecule has 74 valence electrons. The van der Waals surface area contributed by atoms with Gasteiger partial charge in [-0.3, -0.25) is 9.59 Å². The molecule has 14 heavy (non-hydrogen) atoms. The van der Waals surface area contributed by atoms with Crippen LogP contribution in [-0.2, 0) is 6.42 Å². The number of aldehydes is 1. The minimum Gasteiger partial charge on any atom is -0.352 e. The van der Waals surface area contributed by atoms with E-state index in [-0.39, 0.29) is 5.91 Å². The van der Waals surface area contributed by atoms with E-state index < -0.39 is 0 Å². The molecule has 0 atom stereocenters. The third kappa shape index (κ3) is 1.37. The van der Waals surface area contributed by atoms with Crippen LogP contribution in [0.25, 0.3) is 0 Å². The summed E-state index contributed by atoms with van der Waals surface area (Å²) in [5, 5.41) is 2.75. The zero-order valence-corrected chi connectivity index (χ0v) is 8.98. The highest BCUT2D eigenvalue weighted by atomic mass is 79.9. The molecule has 2 N–H and O–H groups in total. The standard InChI is InChI=1S/C9H9BrN2O2/c10-8-5-2-1-3-11-9(14)7(5)6(4-13)12-8/h4,12H,1-3H2,(H,11,14). The number of carbonyl (C=O) groups excluding carboxylic acids is 2. The lowest BCUT2D eigenvalue weighted by Crippen LogP contribution is -2.23. The number of fused-ring (bicyclic) bond motifs is 1. The lowest BCUT2D eigenvalue weighted by molar-refractivity contribution is 0.0950. The molecular weight excluding hydrogens is 248 g/mol. The Morgan fingerprint density at radius 1 is 1.43 bits per heavy atom. The van der Waals surface area contributed by atoms with E-state index in [1.807, 2.05) is 0 Å². The predicted octanol–water partition coefficient (Wildman–Crippen LogP) is 1.27. The Bertz CT molecular complexity index is 398. The molecule has 0 bridgehead atoms. The minimum atomic E-state index is -0.165. The van der Waals surface area contributed by atoms with Crippen LogP contribution in [0.5, 0.6) is 0 Å². The number of hydrogen-bond donors (Lipinski definition) is 2. The Labute approximate surface area is 89.2 Å². The molecule has 4 nitrogen and oxygen atoms in total. The number of H-pyrrole nitrogens is 1. The Kier molecular flexibility index (Phi) is 2.41. The van der Waals surface area contributed by atoms with E-state index in [1.165, 1.54) is 0 Å². The number of amides is 1. The first-order valence-electron chi connectivity index (χ1n) is 4.37. The van der Waals surface area contributed by atoms with Crippen molar-refractivity contribution in [2.24, 2.45) is 0 Å². The molecule has 5 heteroatoms. The number of aromatic amines is 1. The maximum absolute atomic E-state index is 11.6. The summed E-state index contributed by atoms with van der Waals surface area (Å²) in [6, 6.07) is 0. The lowest BCUT2D eigenvalue weighted by atomic mass is 10.1. The topological polar surface area (TPSA) is 62.0 Å². The fraction of sp³-hybridized carbons (Fsp3) is 0.333. The summed E-state index contributed by atoms with van der Waals surface area (Å²) in [5.74, 6) is -0.165. The second kappa shape index (κ2) is 3.57. The first kappa shape index (κ1) is 9.45. The number of carbonyl (C=O) groups is 2. The van der Waals surface area contributed by atoms with Crippen LogP contribution in [0.3, 0.4) is 0 Å². The van der Waals surface area contributed by atoms with E-state index in [0.29, 0.717) is 24.1 Å². The minimum absolute atomic E-state index is 0.165. The van der Waals surface area contributed by atoms with Gasteiger partial charge in [-0.15, -0.1) is 0 Å². The number of rotatable bonds is 1. The van der Waals surface area contributed by atoms with Crippen LogP contribution in [-0.4, -0.2) is 23.7 Å². The van der Waals surface area contributed by atoms with Gasteiger partial charge in [0, 0.05) is 6.54 Å². The van der Waals surface area contributed by atoms with Crippen LogP contribution in [0.1, 0.15) is 32.8 Å². The van der Waals surface area contributed by atoms with Gasteiger partial charge in [-0.05, 0) is 34.3 Å². The molecule has 1 aliphatic heterocycles. The molecule has 0 saturated heterocycles. The molecule has 0 aliphatic carbocycles. The molecule has 1 aromatic heterocycles. The molecule has 1 aliphatic rings. The third-order valence-corrected chi connectivity index (χ3v) is 2.99. The molecule has 0 saturated carbocycles. The molecule has 0 spiro atoms. The normalized spacial score (nSPS) is 15.6. The summed E-state index contributed by atoms with van der Waals surface area (Å²) >= 11 is 3.31. The van der Waals surface area contributed by atoms with Crippen molar-refractivity contribution < 1.29 is 9.59 Å². The van der Waals surface area contributed by atoms with Crippen molar-refractivity contribution in [3.05, 3.63) is 21.4 Å². The first-order valence-corrected chi connectivity index (χ1v) is 5.17. The van der Waals surface area contributed by atoms with Crippen molar-refractivity contribution in [1.29, 1.82) is 0 Å². The summed E-state index contributed by atoms with van der Waals surface area (Å²) < 4.78 is 0.742. The zero-order chi connectivity index (χ0) is 10.1. The Morgan fingerprint density at radius 2 is 2.21 bits per heavy atom. The van der Waals surface area contributed by atoms with E-state index in [1.54, 1.807) is 0 Å². The number of nitrogens with one attached hydrogen (secondary N) is 2. The molecule has 2 heterocycles. The highest BCUT2D eigenvalue weighted by molar-refractivity contribution is 9.10.